The topological polar surface area (TPSA) is 41.1 Å². The summed E-state index contributed by atoms with van der Waals surface area (Å²) < 4.78 is 0. The quantitative estimate of drug-likeness (QED) is 0.596. The number of allylic oxidation sites excluding steroid dienone is 1. The van der Waals surface area contributed by atoms with Gasteiger partial charge in [0, 0.05) is 19.5 Å². The van der Waals surface area contributed by atoms with Crippen LogP contribution >= 0.6 is 0 Å². The lowest BCUT2D eigenvalue weighted by molar-refractivity contribution is -0.120. The molecule has 0 fully saturated rings. The predicted octanol–water partition coefficient (Wildman–Crippen LogP) is 0.678. The molecule has 3 heteroatoms. The SMILES string of the molecule is CNCCC(=O)NCC=C(C)C. The number of hydrogen-bond donors (Lipinski definition) is 2. The smallest absolute Gasteiger partial charge is 0.221 e. The number of carbonyl (C=O) groups is 1. The highest BCUT2D eigenvalue weighted by Crippen LogP contribution is 1.85. The first-order valence-electron chi connectivity index (χ1n) is 4.21. The molecule has 0 aliphatic heterocycles. The Bertz CT molecular complexity index is 160. The van der Waals surface area contributed by atoms with Crippen molar-refractivity contribution >= 4 is 5.91 Å². The van der Waals surface area contributed by atoms with Gasteiger partial charge in [0.15, 0.2) is 0 Å². The monoisotopic (exact) mass is 170 g/mol. The highest BCUT2D eigenvalue weighted by molar-refractivity contribution is 5.76. The van der Waals surface area contributed by atoms with E-state index in [-0.39, 0.29) is 5.91 Å². The van der Waals surface area contributed by atoms with Crippen LogP contribution in [0.5, 0.6) is 0 Å². The van der Waals surface area contributed by atoms with E-state index in [4.69, 9.17) is 0 Å². The van der Waals surface area contributed by atoms with Crippen LogP contribution < -0.4 is 10.6 Å². The Labute approximate surface area is 74.2 Å². The van der Waals surface area contributed by atoms with Gasteiger partial charge in [-0.1, -0.05) is 11.6 Å². The minimum absolute atomic E-state index is 0.0989. The summed E-state index contributed by atoms with van der Waals surface area (Å²) in [6.45, 7) is 5.41. The Hall–Kier alpha value is -0.830. The second-order valence-electron chi connectivity index (χ2n) is 2.94. The van der Waals surface area contributed by atoms with E-state index in [0.717, 1.165) is 6.54 Å². The maximum absolute atomic E-state index is 11.0. The summed E-state index contributed by atoms with van der Waals surface area (Å²) in [6.07, 6.45) is 2.55. The molecule has 1 amide bonds. The number of rotatable bonds is 5. The van der Waals surface area contributed by atoms with E-state index in [1.807, 2.05) is 27.0 Å². The van der Waals surface area contributed by atoms with Gasteiger partial charge in [0.1, 0.15) is 0 Å². The van der Waals surface area contributed by atoms with Crippen molar-refractivity contribution in [3.05, 3.63) is 11.6 Å². The minimum Gasteiger partial charge on any atom is -0.353 e. The van der Waals surface area contributed by atoms with Crippen LogP contribution in [0.2, 0.25) is 0 Å². The molecule has 0 radical (unpaired) electrons. The van der Waals surface area contributed by atoms with E-state index >= 15 is 0 Å². The third-order valence-corrected chi connectivity index (χ3v) is 1.41. The van der Waals surface area contributed by atoms with Crippen molar-refractivity contribution in [3.63, 3.8) is 0 Å². The fourth-order valence-electron chi connectivity index (χ4n) is 0.696. The third-order valence-electron chi connectivity index (χ3n) is 1.41. The van der Waals surface area contributed by atoms with Crippen LogP contribution in [0.1, 0.15) is 20.3 Å². The maximum atomic E-state index is 11.0. The zero-order valence-electron chi connectivity index (χ0n) is 8.11. The van der Waals surface area contributed by atoms with Crippen molar-refractivity contribution in [2.75, 3.05) is 20.1 Å². The highest BCUT2D eigenvalue weighted by atomic mass is 16.1. The molecule has 0 unspecified atom stereocenters. The third kappa shape index (κ3) is 7.28. The van der Waals surface area contributed by atoms with Crippen LogP contribution in [0.25, 0.3) is 0 Å². The van der Waals surface area contributed by atoms with Crippen LogP contribution in [-0.2, 0) is 4.79 Å². The molecule has 0 rings (SSSR count). The molecule has 0 spiro atoms. The molecular weight excluding hydrogens is 152 g/mol. The lowest BCUT2D eigenvalue weighted by Gasteiger charge is -2.01. The molecule has 0 aromatic heterocycles. The number of carbonyl (C=O) groups excluding carboxylic acids is 1. The number of amides is 1. The normalized spacial score (nSPS) is 9.25. The summed E-state index contributed by atoms with van der Waals surface area (Å²) in [7, 11) is 1.84. The van der Waals surface area contributed by atoms with Gasteiger partial charge in [-0.25, -0.2) is 0 Å². The van der Waals surface area contributed by atoms with Gasteiger partial charge in [-0.3, -0.25) is 4.79 Å². The molecule has 0 atom stereocenters. The van der Waals surface area contributed by atoms with E-state index in [9.17, 15) is 4.79 Å². The first kappa shape index (κ1) is 11.2. The second-order valence-corrected chi connectivity index (χ2v) is 2.94. The standard InChI is InChI=1S/C9H18N2O/c1-8(2)4-7-11-9(12)5-6-10-3/h4,10H,5-7H2,1-3H3,(H,11,12). The van der Waals surface area contributed by atoms with Gasteiger partial charge in [0.05, 0.1) is 0 Å². The van der Waals surface area contributed by atoms with E-state index in [1.54, 1.807) is 0 Å². The summed E-state index contributed by atoms with van der Waals surface area (Å²) in [5, 5.41) is 5.72. The molecule has 3 nitrogen and oxygen atoms in total. The maximum Gasteiger partial charge on any atom is 0.221 e. The first-order chi connectivity index (χ1) is 5.66. The lowest BCUT2D eigenvalue weighted by atomic mass is 10.3. The predicted molar refractivity (Wildman–Crippen MR) is 51.0 cm³/mol. The summed E-state index contributed by atoms with van der Waals surface area (Å²) in [5.74, 6) is 0.0989. The summed E-state index contributed by atoms with van der Waals surface area (Å²) in [5.41, 5.74) is 1.23. The van der Waals surface area contributed by atoms with Crippen LogP contribution in [0.3, 0.4) is 0 Å². The molecule has 0 aliphatic carbocycles. The Kier molecular flexibility index (Phi) is 6.38. The largest absolute Gasteiger partial charge is 0.353 e. The summed E-state index contributed by atoms with van der Waals surface area (Å²) >= 11 is 0. The zero-order valence-corrected chi connectivity index (χ0v) is 8.11. The molecule has 0 aromatic carbocycles. The fraction of sp³-hybridized carbons (Fsp3) is 0.667. The van der Waals surface area contributed by atoms with Crippen molar-refractivity contribution in [1.29, 1.82) is 0 Å². The van der Waals surface area contributed by atoms with Crippen molar-refractivity contribution in [2.45, 2.75) is 20.3 Å². The van der Waals surface area contributed by atoms with Crippen LogP contribution in [0.4, 0.5) is 0 Å². The zero-order chi connectivity index (χ0) is 9.40. The van der Waals surface area contributed by atoms with Gasteiger partial charge >= 0.3 is 0 Å². The fourth-order valence-corrected chi connectivity index (χ4v) is 0.696. The average Bonchev–Trinajstić information content (AvgIpc) is 2.00. The van der Waals surface area contributed by atoms with E-state index in [1.165, 1.54) is 5.57 Å². The van der Waals surface area contributed by atoms with Crippen LogP contribution in [0, 0.1) is 0 Å². The van der Waals surface area contributed by atoms with Gasteiger partial charge < -0.3 is 10.6 Å². The van der Waals surface area contributed by atoms with Gasteiger partial charge in [-0.05, 0) is 20.9 Å². The Morgan fingerprint density at radius 3 is 2.58 bits per heavy atom. The van der Waals surface area contributed by atoms with Crippen molar-refractivity contribution in [1.82, 2.24) is 10.6 Å². The van der Waals surface area contributed by atoms with Crippen LogP contribution in [-0.4, -0.2) is 26.0 Å². The first-order valence-corrected chi connectivity index (χ1v) is 4.21. The second kappa shape index (κ2) is 6.85. The Balaban J connectivity index is 3.38. The lowest BCUT2D eigenvalue weighted by Crippen LogP contribution is -2.26. The molecule has 0 saturated heterocycles. The van der Waals surface area contributed by atoms with Crippen molar-refractivity contribution in [3.8, 4) is 0 Å². The highest BCUT2D eigenvalue weighted by Gasteiger charge is 1.96. The van der Waals surface area contributed by atoms with Crippen molar-refractivity contribution < 1.29 is 4.79 Å². The molecule has 2 N–H and O–H groups in total. The number of hydrogen-bond acceptors (Lipinski definition) is 2. The Morgan fingerprint density at radius 2 is 2.08 bits per heavy atom. The van der Waals surface area contributed by atoms with E-state index in [2.05, 4.69) is 10.6 Å². The molecule has 0 saturated carbocycles. The molecule has 0 aliphatic rings. The average molecular weight is 170 g/mol. The molecule has 0 bridgehead atoms. The summed E-state index contributed by atoms with van der Waals surface area (Å²) in [6, 6.07) is 0. The van der Waals surface area contributed by atoms with E-state index in [0.29, 0.717) is 13.0 Å². The molecule has 0 heterocycles. The molecule has 12 heavy (non-hydrogen) atoms. The van der Waals surface area contributed by atoms with Gasteiger partial charge in [0.25, 0.3) is 0 Å². The van der Waals surface area contributed by atoms with Crippen molar-refractivity contribution in [2.24, 2.45) is 0 Å². The molecular formula is C9H18N2O. The number of nitrogens with one attached hydrogen (secondary N) is 2. The summed E-state index contributed by atoms with van der Waals surface area (Å²) in [4.78, 5) is 11.0. The molecule has 70 valence electrons. The van der Waals surface area contributed by atoms with E-state index < -0.39 is 0 Å². The molecule has 0 aromatic rings. The Morgan fingerprint density at radius 1 is 1.42 bits per heavy atom. The minimum atomic E-state index is 0.0989. The van der Waals surface area contributed by atoms with Gasteiger partial charge in [0.2, 0.25) is 5.91 Å². The van der Waals surface area contributed by atoms with Gasteiger partial charge in [-0.2, -0.15) is 0 Å². The van der Waals surface area contributed by atoms with Gasteiger partial charge in [-0.15, -0.1) is 0 Å². The van der Waals surface area contributed by atoms with Crippen LogP contribution in [0.15, 0.2) is 11.6 Å².